The Balaban J connectivity index is 2.47. The van der Waals surface area contributed by atoms with Crippen LogP contribution in [0.2, 0.25) is 0 Å². The Kier molecular flexibility index (Phi) is 2.12. The number of nitrogens with two attached hydrogens (primary N) is 1. The molecule has 1 unspecified atom stereocenters. The summed E-state index contributed by atoms with van der Waals surface area (Å²) in [4.78, 5) is 24.6. The van der Waals surface area contributed by atoms with Gasteiger partial charge in [0.2, 0.25) is 0 Å². The van der Waals surface area contributed by atoms with Crippen molar-refractivity contribution in [1.82, 2.24) is 14.9 Å². The van der Waals surface area contributed by atoms with Crippen molar-refractivity contribution in [3.63, 3.8) is 0 Å². The molecule has 1 fully saturated rings. The molecule has 76 valence electrons. The Morgan fingerprint density at radius 2 is 2.29 bits per heavy atom. The highest BCUT2D eigenvalue weighted by atomic mass is 16.2. The van der Waals surface area contributed by atoms with Crippen molar-refractivity contribution in [2.45, 2.75) is 12.5 Å². The molecule has 1 aliphatic rings. The van der Waals surface area contributed by atoms with Crippen LogP contribution in [0.1, 0.15) is 12.5 Å². The second kappa shape index (κ2) is 3.30. The molecule has 14 heavy (non-hydrogen) atoms. The van der Waals surface area contributed by atoms with E-state index < -0.39 is 11.2 Å². The van der Waals surface area contributed by atoms with E-state index in [1.165, 1.54) is 10.8 Å². The lowest BCUT2D eigenvalue weighted by molar-refractivity contribution is 0.517. The monoisotopic (exact) mass is 196 g/mol. The van der Waals surface area contributed by atoms with Crippen molar-refractivity contribution in [3.05, 3.63) is 27.0 Å². The molecule has 1 aromatic rings. The summed E-state index contributed by atoms with van der Waals surface area (Å²) in [5, 5.41) is 3.14. The van der Waals surface area contributed by atoms with Crippen molar-refractivity contribution >= 4 is 5.69 Å². The molecule has 0 bridgehead atoms. The van der Waals surface area contributed by atoms with Gasteiger partial charge in [-0.2, -0.15) is 0 Å². The van der Waals surface area contributed by atoms with E-state index in [-0.39, 0.29) is 11.7 Å². The van der Waals surface area contributed by atoms with Crippen molar-refractivity contribution in [3.8, 4) is 0 Å². The van der Waals surface area contributed by atoms with Gasteiger partial charge in [0.1, 0.15) is 5.69 Å². The fourth-order valence-corrected chi connectivity index (χ4v) is 1.65. The molecular weight excluding hydrogens is 184 g/mol. The molecular formula is C8H12N4O2. The number of aromatic nitrogens is 2. The van der Waals surface area contributed by atoms with Crippen molar-refractivity contribution in [2.75, 3.05) is 18.8 Å². The van der Waals surface area contributed by atoms with E-state index in [2.05, 4.69) is 10.3 Å². The van der Waals surface area contributed by atoms with E-state index in [9.17, 15) is 9.59 Å². The van der Waals surface area contributed by atoms with Gasteiger partial charge in [-0.15, -0.1) is 0 Å². The summed E-state index contributed by atoms with van der Waals surface area (Å²) in [6, 6.07) is 0.0987. The lowest BCUT2D eigenvalue weighted by Gasteiger charge is -2.11. The van der Waals surface area contributed by atoms with Gasteiger partial charge >= 0.3 is 5.69 Å². The maximum absolute atomic E-state index is 11.4. The second-order valence-corrected chi connectivity index (χ2v) is 3.40. The maximum atomic E-state index is 11.4. The number of nitrogens with one attached hydrogen (secondary N) is 2. The molecule has 1 saturated heterocycles. The third kappa shape index (κ3) is 1.44. The molecule has 0 saturated carbocycles. The minimum atomic E-state index is -0.516. The standard InChI is InChI=1S/C8H12N4O2/c9-6-4-12(5-1-2-10-3-5)8(14)11-7(6)13/h4-5,10H,1-3,9H2,(H,11,13,14). The second-order valence-electron chi connectivity index (χ2n) is 3.40. The van der Waals surface area contributed by atoms with Gasteiger partial charge in [-0.3, -0.25) is 14.3 Å². The third-order valence-electron chi connectivity index (χ3n) is 2.42. The molecule has 1 aromatic heterocycles. The Labute approximate surface area is 79.7 Å². The normalized spacial score (nSPS) is 21.3. The minimum absolute atomic E-state index is 0.0801. The number of anilines is 1. The molecule has 4 N–H and O–H groups in total. The van der Waals surface area contributed by atoms with E-state index in [4.69, 9.17) is 5.73 Å². The molecule has 0 amide bonds. The highest BCUT2D eigenvalue weighted by molar-refractivity contribution is 5.30. The average molecular weight is 196 g/mol. The van der Waals surface area contributed by atoms with Crippen LogP contribution in [0.4, 0.5) is 5.69 Å². The molecule has 6 heteroatoms. The van der Waals surface area contributed by atoms with Gasteiger partial charge in [-0.1, -0.05) is 0 Å². The molecule has 0 aromatic carbocycles. The van der Waals surface area contributed by atoms with Crippen molar-refractivity contribution in [1.29, 1.82) is 0 Å². The zero-order valence-electron chi connectivity index (χ0n) is 7.62. The topological polar surface area (TPSA) is 92.9 Å². The Morgan fingerprint density at radius 3 is 2.93 bits per heavy atom. The van der Waals surface area contributed by atoms with Crippen LogP contribution >= 0.6 is 0 Å². The first-order valence-electron chi connectivity index (χ1n) is 4.50. The fraction of sp³-hybridized carbons (Fsp3) is 0.500. The number of nitrogen functional groups attached to an aromatic ring is 1. The summed E-state index contributed by atoms with van der Waals surface area (Å²) in [6.45, 7) is 1.63. The lowest BCUT2D eigenvalue weighted by atomic mass is 10.2. The van der Waals surface area contributed by atoms with E-state index in [1.807, 2.05) is 0 Å². The van der Waals surface area contributed by atoms with E-state index >= 15 is 0 Å². The zero-order valence-corrected chi connectivity index (χ0v) is 7.62. The number of rotatable bonds is 1. The number of hydrogen-bond acceptors (Lipinski definition) is 4. The lowest BCUT2D eigenvalue weighted by Crippen LogP contribution is -2.34. The first-order valence-corrected chi connectivity index (χ1v) is 4.50. The molecule has 1 atom stereocenters. The molecule has 1 aliphatic heterocycles. The zero-order chi connectivity index (χ0) is 10.1. The predicted octanol–water partition coefficient (Wildman–Crippen LogP) is -1.35. The van der Waals surface area contributed by atoms with Crippen LogP contribution in [0.5, 0.6) is 0 Å². The van der Waals surface area contributed by atoms with Crippen molar-refractivity contribution < 1.29 is 0 Å². The van der Waals surface area contributed by atoms with Crippen LogP contribution < -0.4 is 22.3 Å². The van der Waals surface area contributed by atoms with Gasteiger partial charge in [-0.05, 0) is 13.0 Å². The highest BCUT2D eigenvalue weighted by Gasteiger charge is 2.17. The van der Waals surface area contributed by atoms with Crippen LogP contribution in [-0.2, 0) is 0 Å². The fourth-order valence-electron chi connectivity index (χ4n) is 1.65. The maximum Gasteiger partial charge on any atom is 0.328 e. The first kappa shape index (κ1) is 9.01. The van der Waals surface area contributed by atoms with Gasteiger partial charge in [0.25, 0.3) is 5.56 Å². The third-order valence-corrected chi connectivity index (χ3v) is 2.42. The number of nitrogens with zero attached hydrogens (tertiary/aromatic N) is 1. The molecule has 0 spiro atoms. The van der Waals surface area contributed by atoms with E-state index in [0.717, 1.165) is 19.5 Å². The quantitative estimate of drug-likeness (QED) is 0.518. The van der Waals surface area contributed by atoms with Gasteiger partial charge in [0, 0.05) is 12.7 Å². The van der Waals surface area contributed by atoms with Gasteiger partial charge < -0.3 is 11.1 Å². The Morgan fingerprint density at radius 1 is 1.50 bits per heavy atom. The van der Waals surface area contributed by atoms with E-state index in [0.29, 0.717) is 0 Å². The first-order chi connectivity index (χ1) is 6.68. The van der Waals surface area contributed by atoms with E-state index in [1.54, 1.807) is 0 Å². The Hall–Kier alpha value is -1.56. The van der Waals surface area contributed by atoms with Crippen LogP contribution in [0.25, 0.3) is 0 Å². The average Bonchev–Trinajstić information content (AvgIpc) is 2.64. The molecule has 2 heterocycles. The van der Waals surface area contributed by atoms with Gasteiger partial charge in [0.05, 0.1) is 6.04 Å². The summed E-state index contributed by atoms with van der Waals surface area (Å²) < 4.78 is 1.48. The molecule has 0 aliphatic carbocycles. The van der Waals surface area contributed by atoms with Crippen LogP contribution in [0, 0.1) is 0 Å². The van der Waals surface area contributed by atoms with Crippen LogP contribution in [0.3, 0.4) is 0 Å². The number of hydrogen-bond donors (Lipinski definition) is 3. The van der Waals surface area contributed by atoms with Crippen LogP contribution in [-0.4, -0.2) is 22.6 Å². The van der Waals surface area contributed by atoms with Crippen LogP contribution in [0.15, 0.2) is 15.8 Å². The number of H-pyrrole nitrogens is 1. The van der Waals surface area contributed by atoms with Crippen molar-refractivity contribution in [2.24, 2.45) is 0 Å². The molecule has 2 rings (SSSR count). The summed E-state index contributed by atoms with van der Waals surface area (Å²) in [5.74, 6) is 0. The highest BCUT2D eigenvalue weighted by Crippen LogP contribution is 2.11. The Bertz CT molecular complexity index is 441. The predicted molar refractivity (Wildman–Crippen MR) is 52.3 cm³/mol. The van der Waals surface area contributed by atoms with Gasteiger partial charge in [-0.25, -0.2) is 4.79 Å². The molecule has 0 radical (unpaired) electrons. The largest absolute Gasteiger partial charge is 0.393 e. The SMILES string of the molecule is Nc1cn(C2CCNC2)c(=O)[nH]c1=O. The molecule has 6 nitrogen and oxygen atoms in total. The summed E-state index contributed by atoms with van der Waals surface area (Å²) in [6.07, 6.45) is 2.30. The number of aromatic amines is 1. The summed E-state index contributed by atoms with van der Waals surface area (Å²) >= 11 is 0. The summed E-state index contributed by atoms with van der Waals surface area (Å²) in [7, 11) is 0. The van der Waals surface area contributed by atoms with Gasteiger partial charge in [0.15, 0.2) is 0 Å². The minimum Gasteiger partial charge on any atom is -0.393 e. The summed E-state index contributed by atoms with van der Waals surface area (Å²) in [5.41, 5.74) is 4.61. The smallest absolute Gasteiger partial charge is 0.328 e.